The van der Waals surface area contributed by atoms with Gasteiger partial charge in [-0.1, -0.05) is 11.3 Å². The van der Waals surface area contributed by atoms with Gasteiger partial charge < -0.3 is 14.2 Å². The van der Waals surface area contributed by atoms with Crippen molar-refractivity contribution < 1.29 is 14.1 Å². The molecular weight excluding hydrogens is 368 g/mol. The summed E-state index contributed by atoms with van der Waals surface area (Å²) >= 11 is 1.66. The van der Waals surface area contributed by atoms with Gasteiger partial charge in [-0.3, -0.25) is 14.9 Å². The quantitative estimate of drug-likeness (QED) is 0.506. The van der Waals surface area contributed by atoms with E-state index in [1.807, 2.05) is 0 Å². The van der Waals surface area contributed by atoms with Gasteiger partial charge in [0.15, 0.2) is 10.9 Å². The molecule has 1 amide bonds. The Bertz CT molecular complexity index is 994. The fourth-order valence-electron chi connectivity index (χ4n) is 3.10. The first-order valence-electron chi connectivity index (χ1n) is 8.58. The normalized spacial score (nSPS) is 14.7. The molecule has 8 nitrogen and oxygen atoms in total. The molecule has 1 fully saturated rings. The number of aromatic nitrogens is 1. The third-order valence-corrected chi connectivity index (χ3v) is 5.89. The molecule has 1 aliphatic heterocycles. The Hall–Kier alpha value is -2.94. The van der Waals surface area contributed by atoms with Crippen molar-refractivity contribution in [2.45, 2.75) is 13.8 Å². The summed E-state index contributed by atoms with van der Waals surface area (Å²) in [6.45, 7) is 6.52. The molecule has 9 heteroatoms. The van der Waals surface area contributed by atoms with Crippen LogP contribution in [0.5, 0.6) is 0 Å². The van der Waals surface area contributed by atoms with E-state index < -0.39 is 10.8 Å². The highest BCUT2D eigenvalue weighted by atomic mass is 32.1. The Balaban J connectivity index is 1.45. The van der Waals surface area contributed by atoms with E-state index in [9.17, 15) is 14.9 Å². The molecule has 0 spiro atoms. The van der Waals surface area contributed by atoms with E-state index in [1.54, 1.807) is 16.2 Å². The van der Waals surface area contributed by atoms with Crippen molar-refractivity contribution >= 4 is 38.5 Å². The molecule has 0 aliphatic carbocycles. The van der Waals surface area contributed by atoms with Crippen LogP contribution in [-0.4, -0.2) is 46.9 Å². The molecule has 2 aromatic heterocycles. The molecular formula is C18H18N4O4S. The second-order valence-corrected chi connectivity index (χ2v) is 7.58. The van der Waals surface area contributed by atoms with E-state index in [-0.39, 0.29) is 11.7 Å². The first kappa shape index (κ1) is 17.5. The second kappa shape index (κ2) is 6.66. The maximum Gasteiger partial charge on any atom is 0.433 e. The summed E-state index contributed by atoms with van der Waals surface area (Å²) in [6, 6.07) is 6.82. The summed E-state index contributed by atoms with van der Waals surface area (Å²) in [6.07, 6.45) is 0. The molecule has 0 N–H and O–H groups in total. The number of nitrogens with zero attached hydrogens (tertiary/aromatic N) is 4. The number of fused-ring (bicyclic) bond motifs is 1. The molecule has 0 unspecified atom stereocenters. The fourth-order valence-corrected chi connectivity index (χ4v) is 4.20. The van der Waals surface area contributed by atoms with Crippen molar-refractivity contribution in [1.82, 2.24) is 9.88 Å². The van der Waals surface area contributed by atoms with Gasteiger partial charge in [-0.25, -0.2) is 4.98 Å². The predicted octanol–water partition coefficient (Wildman–Crippen LogP) is 3.38. The number of carbonyl (C=O) groups is 1. The van der Waals surface area contributed by atoms with Crippen LogP contribution in [0.2, 0.25) is 0 Å². The predicted molar refractivity (Wildman–Crippen MR) is 103 cm³/mol. The van der Waals surface area contributed by atoms with Gasteiger partial charge in [0.25, 0.3) is 5.91 Å². The second-order valence-electron chi connectivity index (χ2n) is 6.57. The number of rotatable bonds is 3. The lowest BCUT2D eigenvalue weighted by atomic mass is 10.1. The standard InChI is InChI=1S/C18H18N4O4S/c1-11-9-13-15(10-12(11)2)27-18(19-13)21-7-5-20(6-8-21)17(23)14-3-4-16(26-14)22(24)25/h3-4,9-10H,5-8H2,1-2H3. The van der Waals surface area contributed by atoms with Crippen LogP contribution in [0.15, 0.2) is 28.7 Å². The lowest BCUT2D eigenvalue weighted by molar-refractivity contribution is -0.402. The molecule has 1 aliphatic rings. The number of anilines is 1. The van der Waals surface area contributed by atoms with E-state index in [2.05, 4.69) is 30.9 Å². The minimum atomic E-state index is -0.648. The Kier molecular flexibility index (Phi) is 4.31. The van der Waals surface area contributed by atoms with E-state index in [4.69, 9.17) is 9.40 Å². The van der Waals surface area contributed by atoms with Crippen LogP contribution >= 0.6 is 11.3 Å². The van der Waals surface area contributed by atoms with Gasteiger partial charge in [-0.15, -0.1) is 0 Å². The number of amides is 1. The minimum Gasteiger partial charge on any atom is -0.395 e. The summed E-state index contributed by atoms with van der Waals surface area (Å²) in [5.41, 5.74) is 3.47. The van der Waals surface area contributed by atoms with E-state index in [1.165, 1.54) is 23.3 Å². The van der Waals surface area contributed by atoms with Gasteiger partial charge in [-0.05, 0) is 43.2 Å². The summed E-state index contributed by atoms with van der Waals surface area (Å²) in [5.74, 6) is -0.739. The Labute approximate surface area is 159 Å². The number of hydrogen-bond donors (Lipinski definition) is 0. The molecule has 0 atom stereocenters. The largest absolute Gasteiger partial charge is 0.433 e. The number of piperazine rings is 1. The summed E-state index contributed by atoms with van der Waals surface area (Å²) in [7, 11) is 0. The molecule has 3 aromatic rings. The molecule has 3 heterocycles. The molecule has 0 radical (unpaired) electrons. The third kappa shape index (κ3) is 3.25. The molecule has 27 heavy (non-hydrogen) atoms. The number of furan rings is 1. The Morgan fingerprint density at radius 1 is 1.19 bits per heavy atom. The molecule has 1 aromatic carbocycles. The summed E-state index contributed by atoms with van der Waals surface area (Å²) < 4.78 is 6.18. The van der Waals surface area contributed by atoms with Crippen LogP contribution in [0.3, 0.4) is 0 Å². The first-order valence-corrected chi connectivity index (χ1v) is 9.40. The highest BCUT2D eigenvalue weighted by Gasteiger charge is 2.27. The molecule has 0 saturated carbocycles. The Morgan fingerprint density at radius 3 is 2.56 bits per heavy atom. The zero-order chi connectivity index (χ0) is 19.1. The topological polar surface area (TPSA) is 92.7 Å². The van der Waals surface area contributed by atoms with Gasteiger partial charge in [0.05, 0.1) is 16.3 Å². The molecule has 4 rings (SSSR count). The van der Waals surface area contributed by atoms with Crippen molar-refractivity contribution in [3.05, 3.63) is 51.3 Å². The minimum absolute atomic E-state index is 0.00101. The third-order valence-electron chi connectivity index (χ3n) is 4.81. The van der Waals surface area contributed by atoms with Gasteiger partial charge in [0, 0.05) is 26.2 Å². The van der Waals surface area contributed by atoms with Crippen molar-refractivity contribution in [2.24, 2.45) is 0 Å². The van der Waals surface area contributed by atoms with Crippen molar-refractivity contribution in [1.29, 1.82) is 0 Å². The number of aryl methyl sites for hydroxylation is 2. The molecule has 140 valence electrons. The number of thiazole rings is 1. The lowest BCUT2D eigenvalue weighted by Crippen LogP contribution is -2.48. The van der Waals surface area contributed by atoms with Crippen LogP contribution in [0.4, 0.5) is 11.0 Å². The SMILES string of the molecule is Cc1cc2nc(N3CCN(C(=O)c4ccc([N+](=O)[O-])o4)CC3)sc2cc1C. The van der Waals surface area contributed by atoms with Crippen LogP contribution in [0.25, 0.3) is 10.2 Å². The van der Waals surface area contributed by atoms with Crippen molar-refractivity contribution in [3.8, 4) is 0 Å². The highest BCUT2D eigenvalue weighted by molar-refractivity contribution is 7.22. The smallest absolute Gasteiger partial charge is 0.395 e. The average Bonchev–Trinajstić information content (AvgIpc) is 3.29. The number of benzene rings is 1. The maximum atomic E-state index is 12.5. The Morgan fingerprint density at radius 2 is 1.89 bits per heavy atom. The van der Waals surface area contributed by atoms with Crippen LogP contribution in [-0.2, 0) is 0 Å². The monoisotopic (exact) mass is 386 g/mol. The molecule has 0 bridgehead atoms. The number of carbonyl (C=O) groups excluding carboxylic acids is 1. The first-order chi connectivity index (χ1) is 12.9. The van der Waals surface area contributed by atoms with Gasteiger partial charge in [-0.2, -0.15) is 0 Å². The fraction of sp³-hybridized carbons (Fsp3) is 0.333. The van der Waals surface area contributed by atoms with Crippen LogP contribution < -0.4 is 4.90 Å². The summed E-state index contributed by atoms with van der Waals surface area (Å²) in [5, 5.41) is 11.7. The van der Waals surface area contributed by atoms with E-state index >= 15 is 0 Å². The van der Waals surface area contributed by atoms with Gasteiger partial charge in [0.1, 0.15) is 4.92 Å². The summed E-state index contributed by atoms with van der Waals surface area (Å²) in [4.78, 5) is 31.1. The number of nitro groups is 1. The van der Waals surface area contributed by atoms with Crippen molar-refractivity contribution in [3.63, 3.8) is 0 Å². The number of hydrogen-bond acceptors (Lipinski definition) is 7. The molecule has 1 saturated heterocycles. The van der Waals surface area contributed by atoms with Gasteiger partial charge >= 0.3 is 5.88 Å². The zero-order valence-electron chi connectivity index (χ0n) is 15.0. The average molecular weight is 386 g/mol. The van der Waals surface area contributed by atoms with Crippen LogP contribution in [0, 0.1) is 24.0 Å². The highest BCUT2D eigenvalue weighted by Crippen LogP contribution is 2.31. The van der Waals surface area contributed by atoms with Gasteiger partial charge in [0.2, 0.25) is 0 Å². The van der Waals surface area contributed by atoms with E-state index in [0.717, 1.165) is 15.3 Å². The van der Waals surface area contributed by atoms with Crippen molar-refractivity contribution in [2.75, 3.05) is 31.1 Å². The van der Waals surface area contributed by atoms with Crippen LogP contribution in [0.1, 0.15) is 21.7 Å². The maximum absolute atomic E-state index is 12.5. The van der Waals surface area contributed by atoms with E-state index in [0.29, 0.717) is 26.2 Å². The zero-order valence-corrected chi connectivity index (χ0v) is 15.8. The lowest BCUT2D eigenvalue weighted by Gasteiger charge is -2.34.